The maximum atomic E-state index is 6.80. The van der Waals surface area contributed by atoms with Gasteiger partial charge in [0.1, 0.15) is 11.3 Å². The number of nitrogens with zero attached hydrogens (tertiary/aromatic N) is 2. The van der Waals surface area contributed by atoms with Crippen LogP contribution in [0.5, 0.6) is 0 Å². The van der Waals surface area contributed by atoms with Crippen LogP contribution in [0.15, 0.2) is 139 Å². The Labute approximate surface area is 269 Å². The summed E-state index contributed by atoms with van der Waals surface area (Å²) in [6, 6.07) is 37.4. The molecule has 0 amide bonds. The standard InChI is InChI=1S/C42H28N2OS/c1-26-10-8-9-23-43(27-18-22-40-34(24-27)31-13-4-7-16-39(31)46-40)37-20-19-32-33-25-28(17-21-38(33)45-42(32)41(26)37)44-35-14-5-2-11-29(35)30-12-3-6-15-36(30)44/h2-16,18-20,22-25H,1,17,21H2/b10-8-,23-9-. The van der Waals surface area contributed by atoms with Crippen molar-refractivity contribution in [2.24, 2.45) is 0 Å². The number of anilines is 2. The molecule has 1 aliphatic heterocycles. The highest BCUT2D eigenvalue weighted by Crippen LogP contribution is 2.46. The molecule has 4 heterocycles. The number of hydrogen-bond donors (Lipinski definition) is 0. The molecule has 0 spiro atoms. The molecular formula is C42H28N2OS. The first-order chi connectivity index (χ1) is 22.7. The molecule has 2 aliphatic rings. The lowest BCUT2D eigenvalue weighted by Gasteiger charge is -2.25. The lowest BCUT2D eigenvalue weighted by Crippen LogP contribution is -2.11. The molecule has 0 unspecified atom stereocenters. The van der Waals surface area contributed by atoms with Crippen molar-refractivity contribution in [1.29, 1.82) is 0 Å². The first-order valence-corrected chi connectivity index (χ1v) is 16.6. The molecule has 0 bridgehead atoms. The number of rotatable bonds is 2. The Morgan fingerprint density at radius 2 is 1.41 bits per heavy atom. The summed E-state index contributed by atoms with van der Waals surface area (Å²) in [5.74, 6) is 1.04. The Kier molecular flexibility index (Phi) is 5.43. The smallest absolute Gasteiger partial charge is 0.144 e. The average Bonchev–Trinajstić information content (AvgIpc) is 3.76. The third kappa shape index (κ3) is 3.65. The van der Waals surface area contributed by atoms with Crippen LogP contribution in [-0.4, -0.2) is 4.57 Å². The summed E-state index contributed by atoms with van der Waals surface area (Å²) in [6.07, 6.45) is 12.5. The molecule has 3 aromatic heterocycles. The minimum atomic E-state index is 0.847. The number of furan rings is 1. The molecule has 1 aliphatic carbocycles. The minimum absolute atomic E-state index is 0.847. The van der Waals surface area contributed by atoms with Gasteiger partial charge in [0.05, 0.1) is 16.7 Å². The number of para-hydroxylation sites is 2. The molecule has 8 aromatic rings. The number of aryl methyl sites for hydroxylation is 1. The molecule has 0 N–H and O–H groups in total. The third-order valence-corrected chi connectivity index (χ3v) is 10.8. The summed E-state index contributed by atoms with van der Waals surface area (Å²) in [5.41, 5.74) is 10.0. The van der Waals surface area contributed by atoms with Crippen LogP contribution in [0.4, 0.5) is 11.4 Å². The van der Waals surface area contributed by atoms with Gasteiger partial charge in [-0.3, -0.25) is 0 Å². The zero-order valence-electron chi connectivity index (χ0n) is 25.0. The van der Waals surface area contributed by atoms with Gasteiger partial charge in [0.25, 0.3) is 0 Å². The quantitative estimate of drug-likeness (QED) is 0.195. The van der Waals surface area contributed by atoms with Gasteiger partial charge in [-0.1, -0.05) is 73.3 Å². The molecule has 0 radical (unpaired) electrons. The summed E-state index contributed by atoms with van der Waals surface area (Å²) in [4.78, 5) is 2.27. The topological polar surface area (TPSA) is 21.3 Å². The van der Waals surface area contributed by atoms with Crippen molar-refractivity contribution >= 4 is 93.0 Å². The summed E-state index contributed by atoms with van der Waals surface area (Å²) in [7, 11) is 0. The van der Waals surface area contributed by atoms with Crippen molar-refractivity contribution in [2.75, 3.05) is 4.90 Å². The third-order valence-electron chi connectivity index (χ3n) is 9.60. The molecule has 0 atom stereocenters. The molecule has 0 fully saturated rings. The maximum Gasteiger partial charge on any atom is 0.144 e. The molecule has 46 heavy (non-hydrogen) atoms. The van der Waals surface area contributed by atoms with E-state index in [1.54, 1.807) is 0 Å². The second-order valence-electron chi connectivity index (χ2n) is 12.2. The highest BCUT2D eigenvalue weighted by atomic mass is 32.1. The fourth-order valence-electron chi connectivity index (χ4n) is 7.52. The van der Waals surface area contributed by atoms with E-state index in [4.69, 9.17) is 4.42 Å². The number of aromatic nitrogens is 1. The van der Waals surface area contributed by atoms with Crippen molar-refractivity contribution in [3.05, 3.63) is 151 Å². The summed E-state index contributed by atoms with van der Waals surface area (Å²) in [5, 5.41) is 6.28. The Bertz CT molecular complexity index is 2620. The molecule has 4 heteroatoms. The summed E-state index contributed by atoms with van der Waals surface area (Å²) >= 11 is 1.84. The Hall–Kier alpha value is -5.58. The molecule has 3 nitrogen and oxygen atoms in total. The van der Waals surface area contributed by atoms with Gasteiger partial charge in [-0.05, 0) is 72.7 Å². The van der Waals surface area contributed by atoms with Crippen LogP contribution in [0, 0.1) is 0 Å². The van der Waals surface area contributed by atoms with E-state index in [0.717, 1.165) is 52.1 Å². The van der Waals surface area contributed by atoms with E-state index < -0.39 is 0 Å². The molecular weight excluding hydrogens is 581 g/mol. The van der Waals surface area contributed by atoms with Crippen LogP contribution in [0.2, 0.25) is 0 Å². The van der Waals surface area contributed by atoms with Gasteiger partial charge in [-0.2, -0.15) is 0 Å². The van der Waals surface area contributed by atoms with Gasteiger partial charge >= 0.3 is 0 Å². The number of fused-ring (bicyclic) bond motifs is 11. The molecule has 0 saturated heterocycles. The Morgan fingerprint density at radius 1 is 0.674 bits per heavy atom. The van der Waals surface area contributed by atoms with Crippen LogP contribution < -0.4 is 4.90 Å². The number of hydrogen-bond acceptors (Lipinski definition) is 3. The monoisotopic (exact) mass is 608 g/mol. The van der Waals surface area contributed by atoms with E-state index in [1.165, 1.54) is 53.2 Å². The first-order valence-electron chi connectivity index (χ1n) is 15.8. The van der Waals surface area contributed by atoms with Crippen LogP contribution >= 0.6 is 11.3 Å². The lowest BCUT2D eigenvalue weighted by molar-refractivity contribution is 0.545. The van der Waals surface area contributed by atoms with Crippen LogP contribution in [-0.2, 0) is 6.42 Å². The van der Waals surface area contributed by atoms with Gasteiger partial charge in [0.2, 0.25) is 0 Å². The zero-order valence-corrected chi connectivity index (χ0v) is 25.9. The average molecular weight is 609 g/mol. The number of allylic oxidation sites excluding steroid dienone is 5. The SMILES string of the molecule is C=C1/C=C\C=C/N(c2ccc3sc4ccccc4c3c2)c2ccc3c4c(oc3c21)CCC(n1c2ccccc2c2ccccc21)=C4. The van der Waals surface area contributed by atoms with E-state index in [-0.39, 0.29) is 0 Å². The molecule has 5 aromatic carbocycles. The second-order valence-corrected chi connectivity index (χ2v) is 13.2. The predicted molar refractivity (Wildman–Crippen MR) is 197 cm³/mol. The summed E-state index contributed by atoms with van der Waals surface area (Å²) in [6.45, 7) is 4.52. The van der Waals surface area contributed by atoms with E-state index in [0.29, 0.717) is 0 Å². The van der Waals surface area contributed by atoms with Crippen molar-refractivity contribution in [2.45, 2.75) is 12.8 Å². The highest BCUT2D eigenvalue weighted by Gasteiger charge is 2.26. The largest absolute Gasteiger partial charge is 0.460 e. The van der Waals surface area contributed by atoms with Gasteiger partial charge in [0.15, 0.2) is 0 Å². The normalized spacial score (nSPS) is 16.1. The van der Waals surface area contributed by atoms with Crippen LogP contribution in [0.25, 0.3) is 70.3 Å². The maximum absolute atomic E-state index is 6.80. The fourth-order valence-corrected chi connectivity index (χ4v) is 8.61. The minimum Gasteiger partial charge on any atom is -0.460 e. The van der Waals surface area contributed by atoms with Gasteiger partial charge in [-0.15, -0.1) is 11.3 Å². The van der Waals surface area contributed by atoms with Crippen molar-refractivity contribution in [1.82, 2.24) is 4.57 Å². The van der Waals surface area contributed by atoms with E-state index >= 15 is 0 Å². The van der Waals surface area contributed by atoms with Crippen LogP contribution in [0.3, 0.4) is 0 Å². The first kappa shape index (κ1) is 25.7. The zero-order chi connectivity index (χ0) is 30.4. The molecule has 0 saturated carbocycles. The van der Waals surface area contributed by atoms with Gasteiger partial charge in [0, 0.05) is 71.5 Å². The van der Waals surface area contributed by atoms with Gasteiger partial charge in [-0.25, -0.2) is 0 Å². The van der Waals surface area contributed by atoms with Crippen molar-refractivity contribution in [3.8, 4) is 0 Å². The van der Waals surface area contributed by atoms with Crippen molar-refractivity contribution in [3.63, 3.8) is 0 Å². The van der Waals surface area contributed by atoms with Crippen molar-refractivity contribution < 1.29 is 4.42 Å². The Morgan fingerprint density at radius 3 is 2.24 bits per heavy atom. The number of thiophene rings is 1. The highest BCUT2D eigenvalue weighted by molar-refractivity contribution is 7.25. The summed E-state index contributed by atoms with van der Waals surface area (Å²) < 4.78 is 11.8. The van der Waals surface area contributed by atoms with E-state index in [1.807, 2.05) is 11.3 Å². The second kappa shape index (κ2) is 9.71. The Balaban J connectivity index is 1.16. The molecule has 10 rings (SSSR count). The number of benzene rings is 5. The van der Waals surface area contributed by atoms with Crippen LogP contribution in [0.1, 0.15) is 23.3 Å². The van der Waals surface area contributed by atoms with Gasteiger partial charge < -0.3 is 13.9 Å². The fraction of sp³-hybridized carbons (Fsp3) is 0.0476. The van der Waals surface area contributed by atoms with E-state index in [2.05, 4.69) is 150 Å². The lowest BCUT2D eigenvalue weighted by atomic mass is 9.95. The van der Waals surface area contributed by atoms with E-state index in [9.17, 15) is 0 Å². The predicted octanol–water partition coefficient (Wildman–Crippen LogP) is 12.1. The molecule has 218 valence electrons.